The van der Waals surface area contributed by atoms with Gasteiger partial charge in [-0.3, -0.25) is 19.1 Å². The van der Waals surface area contributed by atoms with Crippen molar-refractivity contribution in [1.29, 1.82) is 0 Å². The summed E-state index contributed by atoms with van der Waals surface area (Å²) in [5.74, 6) is -0.999. The van der Waals surface area contributed by atoms with Crippen LogP contribution in [0.2, 0.25) is 0 Å². The standard InChI is InChI=1S/C23H29N3O2/c1-5-21(27)26-14-15-12-20-18(17-9-8-10-19(26)22(15)17)11-16(13-24(20)4)23(28)25(6-2)7-3/h8-11,14,16,20H,5-7,12-13H2,1-4H3/t16-,20-/m1/s1/i4D3,10D,14D. The first-order valence-electron chi connectivity index (χ1n) is 12.5. The summed E-state index contributed by atoms with van der Waals surface area (Å²) in [4.78, 5) is 29.0. The molecule has 2 aliphatic rings. The van der Waals surface area contributed by atoms with Crippen LogP contribution < -0.4 is 0 Å². The Morgan fingerprint density at radius 1 is 1.32 bits per heavy atom. The molecule has 1 amide bonds. The molecule has 2 aromatic rings. The van der Waals surface area contributed by atoms with Gasteiger partial charge in [-0.15, -0.1) is 0 Å². The van der Waals surface area contributed by atoms with Crippen molar-refractivity contribution in [3.05, 3.63) is 41.6 Å². The monoisotopic (exact) mass is 384 g/mol. The number of rotatable bonds is 4. The van der Waals surface area contributed by atoms with Gasteiger partial charge in [0.15, 0.2) is 0 Å². The molecule has 0 saturated heterocycles. The van der Waals surface area contributed by atoms with E-state index < -0.39 is 18.9 Å². The van der Waals surface area contributed by atoms with E-state index in [9.17, 15) is 9.59 Å². The molecule has 0 bridgehead atoms. The lowest BCUT2D eigenvalue weighted by atomic mass is 9.79. The lowest BCUT2D eigenvalue weighted by Gasteiger charge is -2.40. The maximum absolute atomic E-state index is 13.2. The third kappa shape index (κ3) is 2.80. The molecular weight excluding hydrogens is 350 g/mol. The van der Waals surface area contributed by atoms with Gasteiger partial charge in [0, 0.05) is 47.8 Å². The molecule has 1 aromatic heterocycles. The Bertz CT molecular complexity index is 1160. The van der Waals surface area contributed by atoms with Crippen LogP contribution in [0.15, 0.2) is 30.4 Å². The maximum atomic E-state index is 13.2. The zero-order chi connectivity index (χ0) is 24.2. The average Bonchev–Trinajstić information content (AvgIpc) is 3.08. The molecule has 2 atom stereocenters. The van der Waals surface area contributed by atoms with Crippen LogP contribution in [0.5, 0.6) is 0 Å². The van der Waals surface area contributed by atoms with Crippen molar-refractivity contribution in [3.63, 3.8) is 0 Å². The largest absolute Gasteiger partial charge is 0.343 e. The number of carbonyl (C=O) groups excluding carboxylic acids is 2. The highest BCUT2D eigenvalue weighted by molar-refractivity contribution is 6.03. The summed E-state index contributed by atoms with van der Waals surface area (Å²) < 4.78 is 42.9. The van der Waals surface area contributed by atoms with Crippen LogP contribution in [-0.4, -0.2) is 58.8 Å². The molecule has 1 aromatic carbocycles. The number of amides is 1. The quantitative estimate of drug-likeness (QED) is 0.811. The first-order chi connectivity index (χ1) is 15.5. The Labute approximate surface area is 173 Å². The highest BCUT2D eigenvalue weighted by Crippen LogP contribution is 2.41. The Morgan fingerprint density at radius 3 is 2.79 bits per heavy atom. The minimum absolute atomic E-state index is 0.0173. The number of aromatic nitrogens is 1. The van der Waals surface area contributed by atoms with Crippen LogP contribution in [0.1, 0.15) is 50.0 Å². The molecule has 0 N–H and O–H groups in total. The molecule has 0 unspecified atom stereocenters. The SMILES string of the molecule is [2H]c1ccc2c3c(c([2H])n(C(=O)CC)c13)C[C@@H]1C2=C[C@@H](C(=O)N(CC)CC)CN1C([2H])([2H])[2H]. The van der Waals surface area contributed by atoms with E-state index in [1.54, 1.807) is 24.0 Å². The Balaban J connectivity index is 1.97. The fourth-order valence-corrected chi connectivity index (χ4v) is 4.44. The van der Waals surface area contributed by atoms with Crippen molar-refractivity contribution in [2.45, 2.75) is 39.7 Å². The first kappa shape index (κ1) is 13.7. The van der Waals surface area contributed by atoms with Gasteiger partial charge in [0.1, 0.15) is 0 Å². The molecule has 2 heterocycles. The molecule has 4 rings (SSSR count). The van der Waals surface area contributed by atoms with E-state index in [1.807, 2.05) is 19.9 Å². The van der Waals surface area contributed by atoms with Crippen LogP contribution in [0.25, 0.3) is 16.5 Å². The molecule has 148 valence electrons. The fourth-order valence-electron chi connectivity index (χ4n) is 4.44. The van der Waals surface area contributed by atoms with Gasteiger partial charge >= 0.3 is 0 Å². The molecule has 5 nitrogen and oxygen atoms in total. The van der Waals surface area contributed by atoms with Gasteiger partial charge in [0.05, 0.1) is 14.2 Å². The summed E-state index contributed by atoms with van der Waals surface area (Å²) in [6, 6.07) is 2.95. The van der Waals surface area contributed by atoms with E-state index >= 15 is 0 Å². The summed E-state index contributed by atoms with van der Waals surface area (Å²) in [5, 5.41) is 0.651. The van der Waals surface area contributed by atoms with Crippen molar-refractivity contribution in [2.75, 3.05) is 26.6 Å². The maximum Gasteiger partial charge on any atom is 0.230 e. The van der Waals surface area contributed by atoms with Crippen LogP contribution >= 0.6 is 0 Å². The van der Waals surface area contributed by atoms with Gasteiger partial charge in [-0.25, -0.2) is 0 Å². The van der Waals surface area contributed by atoms with E-state index in [-0.39, 0.29) is 43.4 Å². The minimum atomic E-state index is -2.43. The van der Waals surface area contributed by atoms with Gasteiger partial charge < -0.3 is 4.90 Å². The molecular formula is C23H29N3O2. The molecule has 5 heteroatoms. The Hall–Kier alpha value is -2.40. The van der Waals surface area contributed by atoms with Gasteiger partial charge in [-0.05, 0) is 50.0 Å². The molecule has 0 radical (unpaired) electrons. The number of hydrogen-bond donors (Lipinski definition) is 0. The number of hydrogen-bond acceptors (Lipinski definition) is 3. The van der Waals surface area contributed by atoms with Crippen molar-refractivity contribution in [3.8, 4) is 0 Å². The number of nitrogens with zero attached hydrogens (tertiary/aromatic N) is 3. The smallest absolute Gasteiger partial charge is 0.230 e. The van der Waals surface area contributed by atoms with Gasteiger partial charge in [-0.1, -0.05) is 25.1 Å². The van der Waals surface area contributed by atoms with E-state index in [4.69, 9.17) is 6.85 Å². The highest BCUT2D eigenvalue weighted by Gasteiger charge is 2.37. The van der Waals surface area contributed by atoms with Gasteiger partial charge in [0.2, 0.25) is 11.8 Å². The van der Waals surface area contributed by atoms with Crippen molar-refractivity contribution in [1.82, 2.24) is 14.4 Å². The predicted molar refractivity (Wildman–Crippen MR) is 112 cm³/mol. The lowest BCUT2D eigenvalue weighted by Crippen LogP contribution is -2.47. The molecule has 0 saturated carbocycles. The average molecular weight is 385 g/mol. The van der Waals surface area contributed by atoms with Gasteiger partial charge in [-0.2, -0.15) is 0 Å². The minimum Gasteiger partial charge on any atom is -0.343 e. The second-order valence-corrected chi connectivity index (χ2v) is 7.40. The number of fused-ring (bicyclic) bond motifs is 2. The van der Waals surface area contributed by atoms with Crippen LogP contribution in [0.4, 0.5) is 0 Å². The zero-order valence-electron chi connectivity index (χ0n) is 21.6. The second-order valence-electron chi connectivity index (χ2n) is 7.40. The summed E-state index contributed by atoms with van der Waals surface area (Å²) >= 11 is 0. The van der Waals surface area contributed by atoms with Crippen molar-refractivity contribution in [2.24, 2.45) is 5.92 Å². The van der Waals surface area contributed by atoms with Gasteiger partial charge in [0.25, 0.3) is 0 Å². The van der Waals surface area contributed by atoms with E-state index in [2.05, 4.69) is 0 Å². The zero-order valence-corrected chi connectivity index (χ0v) is 16.6. The lowest BCUT2D eigenvalue weighted by molar-refractivity contribution is -0.134. The van der Waals surface area contributed by atoms with Crippen LogP contribution in [0.3, 0.4) is 0 Å². The molecule has 28 heavy (non-hydrogen) atoms. The third-order valence-electron chi connectivity index (χ3n) is 5.91. The summed E-state index contributed by atoms with van der Waals surface area (Å²) in [5.41, 5.74) is 2.40. The second kappa shape index (κ2) is 7.21. The van der Waals surface area contributed by atoms with E-state index in [0.717, 1.165) is 5.57 Å². The van der Waals surface area contributed by atoms with Crippen molar-refractivity contribution < 1.29 is 16.4 Å². The van der Waals surface area contributed by atoms with E-state index in [0.29, 0.717) is 35.1 Å². The van der Waals surface area contributed by atoms with Crippen LogP contribution in [0, 0.1) is 5.92 Å². The molecule has 1 aliphatic heterocycles. The van der Waals surface area contributed by atoms with Crippen LogP contribution in [-0.2, 0) is 11.2 Å². The Morgan fingerprint density at radius 2 is 2.11 bits per heavy atom. The third-order valence-corrected chi connectivity index (χ3v) is 5.91. The van der Waals surface area contributed by atoms with E-state index in [1.165, 1.54) is 9.47 Å². The predicted octanol–water partition coefficient (Wildman–Crippen LogP) is 3.43. The normalized spacial score (nSPS) is 24.4. The molecule has 0 spiro atoms. The fraction of sp³-hybridized carbons (Fsp3) is 0.478. The number of likely N-dealkylation sites (N-methyl/N-ethyl adjacent to an activating group) is 1. The highest BCUT2D eigenvalue weighted by atomic mass is 16.2. The molecule has 1 aliphatic carbocycles. The first-order valence-corrected chi connectivity index (χ1v) is 9.99. The summed E-state index contributed by atoms with van der Waals surface area (Å²) in [6.07, 6.45) is 2.32. The number of benzene rings is 1. The number of carbonyl (C=O) groups is 2. The topological polar surface area (TPSA) is 45.6 Å². The van der Waals surface area contributed by atoms with Crippen molar-refractivity contribution >= 4 is 28.3 Å². The Kier molecular flexibility index (Phi) is 3.53. The molecule has 0 fully saturated rings. The summed E-state index contributed by atoms with van der Waals surface area (Å²) in [7, 11) is 0. The summed E-state index contributed by atoms with van der Waals surface area (Å²) in [6.45, 7) is 4.22.